The molecule has 1 aliphatic rings. The average molecular weight is 422 g/mol. The fourth-order valence-electron chi connectivity index (χ4n) is 3.53. The van der Waals surface area contributed by atoms with E-state index in [1.165, 1.54) is 10.7 Å². The van der Waals surface area contributed by atoms with E-state index in [0.29, 0.717) is 49.7 Å². The minimum absolute atomic E-state index is 0.117. The molecule has 0 spiro atoms. The van der Waals surface area contributed by atoms with Crippen LogP contribution in [0.1, 0.15) is 19.8 Å². The maximum Gasteiger partial charge on any atom is 0.266 e. The molecule has 0 bridgehead atoms. The molecular weight excluding hydrogens is 394 g/mol. The summed E-state index contributed by atoms with van der Waals surface area (Å²) in [6, 6.07) is 8.69. The zero-order valence-corrected chi connectivity index (χ0v) is 17.8. The van der Waals surface area contributed by atoms with Crippen molar-refractivity contribution in [2.45, 2.75) is 26.3 Å². The van der Waals surface area contributed by atoms with Crippen LogP contribution in [-0.2, 0) is 16.6 Å². The standard InChI is InChI=1S/C20H27N3O5S/c1-4-29(25,26)22-11-9-15(10-12-22)14-23-20(24)8-6-17(21-23)16-5-7-18(27-2)19(13-16)28-3/h5-8,13,15H,4,9-12,14H2,1-3H3. The van der Waals surface area contributed by atoms with Crippen LogP contribution in [-0.4, -0.2) is 55.6 Å². The molecule has 1 saturated heterocycles. The molecule has 29 heavy (non-hydrogen) atoms. The smallest absolute Gasteiger partial charge is 0.266 e. The van der Waals surface area contributed by atoms with Gasteiger partial charge in [0.15, 0.2) is 11.5 Å². The van der Waals surface area contributed by atoms with E-state index in [4.69, 9.17) is 9.47 Å². The van der Waals surface area contributed by atoms with Crippen molar-refractivity contribution < 1.29 is 17.9 Å². The third-order valence-electron chi connectivity index (χ3n) is 5.31. The zero-order chi connectivity index (χ0) is 21.0. The second-order valence-corrected chi connectivity index (χ2v) is 9.31. The van der Waals surface area contributed by atoms with Crippen molar-refractivity contribution in [1.29, 1.82) is 0 Å². The molecule has 0 radical (unpaired) electrons. The van der Waals surface area contributed by atoms with E-state index >= 15 is 0 Å². The first-order valence-electron chi connectivity index (χ1n) is 9.66. The van der Waals surface area contributed by atoms with Gasteiger partial charge in [0.1, 0.15) is 0 Å². The molecule has 0 aliphatic carbocycles. The molecule has 158 valence electrons. The first-order chi connectivity index (χ1) is 13.9. The van der Waals surface area contributed by atoms with E-state index in [2.05, 4.69) is 5.10 Å². The number of hydrogen-bond acceptors (Lipinski definition) is 6. The van der Waals surface area contributed by atoms with E-state index in [0.717, 1.165) is 5.56 Å². The number of hydrogen-bond donors (Lipinski definition) is 0. The van der Waals surface area contributed by atoms with Gasteiger partial charge in [0, 0.05) is 31.3 Å². The van der Waals surface area contributed by atoms with Crippen LogP contribution in [0.25, 0.3) is 11.3 Å². The Morgan fingerprint density at radius 1 is 1.07 bits per heavy atom. The predicted octanol–water partition coefficient (Wildman–Crippen LogP) is 1.99. The number of rotatable bonds is 7. The van der Waals surface area contributed by atoms with Gasteiger partial charge in [-0.1, -0.05) is 0 Å². The van der Waals surface area contributed by atoms with Gasteiger partial charge in [0.2, 0.25) is 10.0 Å². The van der Waals surface area contributed by atoms with Crippen LogP contribution in [0, 0.1) is 5.92 Å². The van der Waals surface area contributed by atoms with Crippen molar-refractivity contribution in [1.82, 2.24) is 14.1 Å². The summed E-state index contributed by atoms with van der Waals surface area (Å²) < 4.78 is 37.6. The molecule has 1 fully saturated rings. The maximum atomic E-state index is 12.3. The molecule has 0 N–H and O–H groups in total. The molecule has 2 heterocycles. The van der Waals surface area contributed by atoms with Crippen LogP contribution in [0.2, 0.25) is 0 Å². The van der Waals surface area contributed by atoms with Crippen LogP contribution in [0.15, 0.2) is 35.1 Å². The van der Waals surface area contributed by atoms with Crippen LogP contribution in [0.5, 0.6) is 11.5 Å². The van der Waals surface area contributed by atoms with Crippen LogP contribution in [0.3, 0.4) is 0 Å². The highest BCUT2D eigenvalue weighted by molar-refractivity contribution is 7.89. The lowest BCUT2D eigenvalue weighted by atomic mass is 9.98. The van der Waals surface area contributed by atoms with Crippen LogP contribution in [0.4, 0.5) is 0 Å². The van der Waals surface area contributed by atoms with Gasteiger partial charge in [-0.25, -0.2) is 17.4 Å². The summed E-state index contributed by atoms with van der Waals surface area (Å²) in [5.41, 5.74) is 1.31. The summed E-state index contributed by atoms with van der Waals surface area (Å²) in [6.07, 6.45) is 1.43. The molecule has 1 aliphatic heterocycles. The Bertz CT molecular complexity index is 1010. The Balaban J connectivity index is 1.76. The first kappa shape index (κ1) is 21.3. The third-order valence-corrected chi connectivity index (χ3v) is 7.19. The lowest BCUT2D eigenvalue weighted by Gasteiger charge is -2.30. The zero-order valence-electron chi connectivity index (χ0n) is 17.0. The molecule has 8 nitrogen and oxygen atoms in total. The lowest BCUT2D eigenvalue weighted by molar-refractivity contribution is 0.245. The van der Waals surface area contributed by atoms with Crippen molar-refractivity contribution in [2.75, 3.05) is 33.1 Å². The summed E-state index contributed by atoms with van der Waals surface area (Å²) in [6.45, 7) is 3.11. The molecule has 3 rings (SSSR count). The SMILES string of the molecule is CCS(=O)(=O)N1CCC(Cn2nc(-c3ccc(OC)c(OC)c3)ccc2=O)CC1. The minimum Gasteiger partial charge on any atom is -0.493 e. The topological polar surface area (TPSA) is 90.7 Å². The van der Waals surface area contributed by atoms with Crippen molar-refractivity contribution >= 4 is 10.0 Å². The number of nitrogens with zero attached hydrogens (tertiary/aromatic N) is 3. The summed E-state index contributed by atoms with van der Waals surface area (Å²) in [7, 11) is -0.00687. The van der Waals surface area contributed by atoms with E-state index in [1.54, 1.807) is 37.6 Å². The van der Waals surface area contributed by atoms with Crippen molar-refractivity contribution in [3.8, 4) is 22.8 Å². The molecule has 0 atom stereocenters. The van der Waals surface area contributed by atoms with Crippen molar-refractivity contribution in [3.05, 3.63) is 40.7 Å². The van der Waals surface area contributed by atoms with Gasteiger partial charge in [-0.3, -0.25) is 4.79 Å². The second-order valence-electron chi connectivity index (χ2n) is 7.05. The quantitative estimate of drug-likeness (QED) is 0.679. The van der Waals surface area contributed by atoms with E-state index < -0.39 is 10.0 Å². The van der Waals surface area contributed by atoms with Gasteiger partial charge in [-0.15, -0.1) is 0 Å². The molecule has 1 aromatic heterocycles. The molecule has 0 unspecified atom stereocenters. The molecular formula is C20H27N3O5S. The largest absolute Gasteiger partial charge is 0.493 e. The summed E-state index contributed by atoms with van der Waals surface area (Å²) in [4.78, 5) is 12.3. The highest BCUT2D eigenvalue weighted by atomic mass is 32.2. The second kappa shape index (κ2) is 8.96. The fourth-order valence-corrected chi connectivity index (χ4v) is 4.66. The van der Waals surface area contributed by atoms with Gasteiger partial charge in [0.05, 0.1) is 25.7 Å². The number of sulfonamides is 1. The molecule has 0 saturated carbocycles. The number of methoxy groups -OCH3 is 2. The normalized spacial score (nSPS) is 16.0. The van der Waals surface area contributed by atoms with E-state index in [9.17, 15) is 13.2 Å². The van der Waals surface area contributed by atoms with Gasteiger partial charge in [0.25, 0.3) is 5.56 Å². The minimum atomic E-state index is -3.15. The Kier molecular flexibility index (Phi) is 6.59. The first-order valence-corrected chi connectivity index (χ1v) is 11.3. The predicted molar refractivity (Wildman–Crippen MR) is 111 cm³/mol. The Hall–Kier alpha value is -2.39. The number of piperidine rings is 1. The fraction of sp³-hybridized carbons (Fsp3) is 0.500. The molecule has 9 heteroatoms. The van der Waals surface area contributed by atoms with Crippen molar-refractivity contribution in [2.24, 2.45) is 5.92 Å². The van der Waals surface area contributed by atoms with Gasteiger partial charge >= 0.3 is 0 Å². The highest BCUT2D eigenvalue weighted by Crippen LogP contribution is 2.31. The number of benzene rings is 1. The van der Waals surface area contributed by atoms with Crippen molar-refractivity contribution in [3.63, 3.8) is 0 Å². The van der Waals surface area contributed by atoms with Gasteiger partial charge in [-0.2, -0.15) is 5.10 Å². The summed E-state index contributed by atoms with van der Waals surface area (Å²) in [5.74, 6) is 1.54. The van der Waals surface area contributed by atoms with Gasteiger partial charge < -0.3 is 9.47 Å². The summed E-state index contributed by atoms with van der Waals surface area (Å²) in [5, 5.41) is 4.53. The molecule has 2 aromatic rings. The van der Waals surface area contributed by atoms with E-state index in [1.807, 2.05) is 12.1 Å². The molecule has 0 amide bonds. The highest BCUT2D eigenvalue weighted by Gasteiger charge is 2.27. The Morgan fingerprint density at radius 2 is 1.76 bits per heavy atom. The third kappa shape index (κ3) is 4.79. The Morgan fingerprint density at radius 3 is 2.38 bits per heavy atom. The Labute approximate surface area is 171 Å². The van der Waals surface area contributed by atoms with Gasteiger partial charge in [-0.05, 0) is 49.9 Å². The molecule has 1 aromatic carbocycles. The van der Waals surface area contributed by atoms with Crippen LogP contribution < -0.4 is 15.0 Å². The monoisotopic (exact) mass is 421 g/mol. The summed E-state index contributed by atoms with van der Waals surface area (Å²) >= 11 is 0. The van der Waals surface area contributed by atoms with E-state index in [-0.39, 0.29) is 17.2 Å². The number of ether oxygens (including phenoxy) is 2. The number of aromatic nitrogens is 2. The van der Waals surface area contributed by atoms with Crippen LogP contribution >= 0.6 is 0 Å². The lowest BCUT2D eigenvalue weighted by Crippen LogP contribution is -2.40. The maximum absolute atomic E-state index is 12.3. The average Bonchev–Trinajstić information content (AvgIpc) is 2.75.